The van der Waals surface area contributed by atoms with Crippen molar-refractivity contribution in [3.8, 4) is 0 Å². The molecular formula is C23H29N5O. The van der Waals surface area contributed by atoms with Crippen LogP contribution >= 0.6 is 0 Å². The molecule has 1 atom stereocenters. The summed E-state index contributed by atoms with van der Waals surface area (Å²) in [6.07, 6.45) is 6.39. The first-order chi connectivity index (χ1) is 14.1. The van der Waals surface area contributed by atoms with Gasteiger partial charge in [-0.05, 0) is 62.3 Å². The van der Waals surface area contributed by atoms with Crippen molar-refractivity contribution in [3.05, 3.63) is 57.0 Å². The molecule has 2 aliphatic rings. The average molecular weight is 392 g/mol. The molecule has 0 spiro atoms. The fraction of sp³-hybridized carbons (Fsp3) is 0.478. The quantitative estimate of drug-likeness (QED) is 0.717. The largest absolute Gasteiger partial charge is 0.377 e. The van der Waals surface area contributed by atoms with E-state index in [9.17, 15) is 4.79 Å². The second-order valence-corrected chi connectivity index (χ2v) is 8.56. The van der Waals surface area contributed by atoms with E-state index in [0.717, 1.165) is 55.6 Å². The van der Waals surface area contributed by atoms with E-state index in [0.29, 0.717) is 6.54 Å². The molecule has 6 nitrogen and oxygen atoms in total. The van der Waals surface area contributed by atoms with Crippen molar-refractivity contribution < 1.29 is 0 Å². The van der Waals surface area contributed by atoms with Gasteiger partial charge in [0.25, 0.3) is 5.56 Å². The number of para-hydroxylation sites is 1. The summed E-state index contributed by atoms with van der Waals surface area (Å²) in [5.41, 5.74) is 6.67. The van der Waals surface area contributed by atoms with Gasteiger partial charge in [0.1, 0.15) is 5.65 Å². The van der Waals surface area contributed by atoms with Gasteiger partial charge >= 0.3 is 0 Å². The minimum Gasteiger partial charge on any atom is -0.377 e. The number of rotatable bonds is 4. The first-order valence-electron chi connectivity index (χ1n) is 10.8. The average Bonchev–Trinajstić information content (AvgIpc) is 3.37. The molecule has 1 aliphatic carbocycles. The van der Waals surface area contributed by atoms with Crippen LogP contribution in [0.15, 0.2) is 29.1 Å². The highest BCUT2D eigenvalue weighted by Gasteiger charge is 2.28. The van der Waals surface area contributed by atoms with Crippen molar-refractivity contribution in [2.75, 3.05) is 25.5 Å². The van der Waals surface area contributed by atoms with Crippen LogP contribution in [0.1, 0.15) is 54.1 Å². The number of hydrogen-bond acceptors (Lipinski definition) is 4. The van der Waals surface area contributed by atoms with E-state index in [1.807, 2.05) is 4.68 Å². The molecule has 1 aromatic carbocycles. The standard InChI is InChI=1S/C23H29N5O/c1-27(2)19-12-6-3-8-15(19)14-28-22-20(21(26-28)18-11-7-13-24-18)16-9-4-5-10-17(16)23(29)25-22/h3,6,8,12,18,24H,4-5,7,9-11,13-14H2,1-2H3,(H,25,29)/t18-/m1/s1. The molecular weight excluding hydrogens is 362 g/mol. The Morgan fingerprint density at radius 3 is 2.69 bits per heavy atom. The lowest BCUT2D eigenvalue weighted by molar-refractivity contribution is 0.598. The molecule has 3 heterocycles. The van der Waals surface area contributed by atoms with Gasteiger partial charge in [-0.25, -0.2) is 4.68 Å². The highest BCUT2D eigenvalue weighted by molar-refractivity contribution is 5.84. The number of H-pyrrole nitrogens is 1. The number of nitrogens with zero attached hydrogens (tertiary/aromatic N) is 3. The molecule has 29 heavy (non-hydrogen) atoms. The van der Waals surface area contributed by atoms with E-state index in [1.165, 1.54) is 28.6 Å². The minimum atomic E-state index is 0.0696. The van der Waals surface area contributed by atoms with Crippen LogP contribution in [-0.2, 0) is 19.4 Å². The van der Waals surface area contributed by atoms with E-state index < -0.39 is 0 Å². The van der Waals surface area contributed by atoms with Crippen molar-refractivity contribution in [2.45, 2.75) is 51.1 Å². The number of benzene rings is 1. The predicted molar refractivity (Wildman–Crippen MR) is 117 cm³/mol. The molecule has 1 fully saturated rings. The zero-order chi connectivity index (χ0) is 20.0. The number of hydrogen-bond donors (Lipinski definition) is 2. The van der Waals surface area contributed by atoms with Crippen molar-refractivity contribution in [1.82, 2.24) is 20.1 Å². The monoisotopic (exact) mass is 391 g/mol. The van der Waals surface area contributed by atoms with Crippen LogP contribution in [0.3, 0.4) is 0 Å². The molecule has 152 valence electrons. The topological polar surface area (TPSA) is 66.0 Å². The molecule has 1 saturated heterocycles. The molecule has 0 unspecified atom stereocenters. The molecule has 0 saturated carbocycles. The van der Waals surface area contributed by atoms with Gasteiger partial charge in [0.15, 0.2) is 0 Å². The van der Waals surface area contributed by atoms with E-state index in [-0.39, 0.29) is 11.6 Å². The van der Waals surface area contributed by atoms with Crippen LogP contribution in [0.2, 0.25) is 0 Å². The number of fused-ring (bicyclic) bond motifs is 3. The lowest BCUT2D eigenvalue weighted by Gasteiger charge is -2.18. The zero-order valence-electron chi connectivity index (χ0n) is 17.3. The number of aryl methyl sites for hydroxylation is 1. The van der Waals surface area contributed by atoms with Gasteiger partial charge < -0.3 is 15.2 Å². The second kappa shape index (κ2) is 7.34. The summed E-state index contributed by atoms with van der Waals surface area (Å²) in [4.78, 5) is 18.2. The summed E-state index contributed by atoms with van der Waals surface area (Å²) >= 11 is 0. The number of aromatic amines is 1. The Balaban J connectivity index is 1.70. The van der Waals surface area contributed by atoms with Gasteiger partial charge in [-0.15, -0.1) is 0 Å². The summed E-state index contributed by atoms with van der Waals surface area (Å²) in [6, 6.07) is 8.68. The normalized spacial score (nSPS) is 18.9. The van der Waals surface area contributed by atoms with Crippen molar-refractivity contribution in [2.24, 2.45) is 0 Å². The third-order valence-corrected chi connectivity index (χ3v) is 6.44. The van der Waals surface area contributed by atoms with Crippen molar-refractivity contribution >= 4 is 16.7 Å². The maximum Gasteiger partial charge on any atom is 0.253 e. The van der Waals surface area contributed by atoms with E-state index in [4.69, 9.17) is 5.10 Å². The highest BCUT2D eigenvalue weighted by atomic mass is 16.1. The molecule has 2 N–H and O–H groups in total. The molecule has 0 radical (unpaired) electrons. The Kier molecular flexibility index (Phi) is 4.66. The number of anilines is 1. The molecule has 6 heteroatoms. The summed E-state index contributed by atoms with van der Waals surface area (Å²) in [5, 5.41) is 9.89. The summed E-state index contributed by atoms with van der Waals surface area (Å²) < 4.78 is 2.02. The van der Waals surface area contributed by atoms with E-state index in [2.05, 4.69) is 53.6 Å². The van der Waals surface area contributed by atoms with Gasteiger partial charge in [0, 0.05) is 30.7 Å². The predicted octanol–water partition coefficient (Wildman–Crippen LogP) is 3.14. The van der Waals surface area contributed by atoms with Gasteiger partial charge in [-0.3, -0.25) is 4.79 Å². The van der Waals surface area contributed by atoms with Gasteiger partial charge in [0.2, 0.25) is 0 Å². The summed E-state index contributed by atoms with van der Waals surface area (Å²) in [6.45, 7) is 1.68. The van der Waals surface area contributed by atoms with Crippen molar-refractivity contribution in [1.29, 1.82) is 0 Å². The number of nitrogens with one attached hydrogen (secondary N) is 2. The van der Waals surface area contributed by atoms with Crippen LogP contribution in [0.25, 0.3) is 11.0 Å². The highest BCUT2D eigenvalue weighted by Crippen LogP contribution is 2.34. The Bertz CT molecular complexity index is 1100. The van der Waals surface area contributed by atoms with Gasteiger partial charge in [-0.2, -0.15) is 5.10 Å². The maximum absolute atomic E-state index is 12.9. The Labute approximate surface area is 170 Å². The lowest BCUT2D eigenvalue weighted by atomic mass is 9.89. The minimum absolute atomic E-state index is 0.0696. The Hall–Kier alpha value is -2.60. The van der Waals surface area contributed by atoms with Crippen LogP contribution in [0.4, 0.5) is 5.69 Å². The summed E-state index contributed by atoms with van der Waals surface area (Å²) in [7, 11) is 4.12. The lowest BCUT2D eigenvalue weighted by Crippen LogP contribution is -2.21. The van der Waals surface area contributed by atoms with E-state index >= 15 is 0 Å². The third-order valence-electron chi connectivity index (χ3n) is 6.44. The third kappa shape index (κ3) is 3.15. The maximum atomic E-state index is 12.9. The second-order valence-electron chi connectivity index (χ2n) is 8.56. The molecule has 1 aliphatic heterocycles. The molecule has 2 aromatic heterocycles. The SMILES string of the molecule is CN(C)c1ccccc1Cn1nc([C@H]2CCCN2)c2c3c(c(=O)[nH]c21)CCCC3. The van der Waals surface area contributed by atoms with Crippen LogP contribution < -0.4 is 15.8 Å². The van der Waals surface area contributed by atoms with Gasteiger partial charge in [0.05, 0.1) is 18.3 Å². The first kappa shape index (κ1) is 18.4. The smallest absolute Gasteiger partial charge is 0.253 e. The van der Waals surface area contributed by atoms with E-state index in [1.54, 1.807) is 0 Å². The Morgan fingerprint density at radius 1 is 1.14 bits per heavy atom. The molecule has 0 amide bonds. The van der Waals surface area contributed by atoms with Crippen LogP contribution in [0, 0.1) is 0 Å². The molecule has 3 aromatic rings. The molecule has 5 rings (SSSR count). The first-order valence-corrected chi connectivity index (χ1v) is 10.8. The van der Waals surface area contributed by atoms with Crippen molar-refractivity contribution in [3.63, 3.8) is 0 Å². The van der Waals surface area contributed by atoms with Gasteiger partial charge in [-0.1, -0.05) is 18.2 Å². The van der Waals surface area contributed by atoms with Crippen LogP contribution in [0.5, 0.6) is 0 Å². The zero-order valence-corrected chi connectivity index (χ0v) is 17.3. The van der Waals surface area contributed by atoms with Crippen LogP contribution in [-0.4, -0.2) is 35.4 Å². The number of aromatic nitrogens is 3. The fourth-order valence-corrected chi connectivity index (χ4v) is 5.04. The molecule has 0 bridgehead atoms. The fourth-order valence-electron chi connectivity index (χ4n) is 5.04. The Morgan fingerprint density at radius 2 is 1.93 bits per heavy atom. The number of pyridine rings is 1. The summed E-state index contributed by atoms with van der Waals surface area (Å²) in [5.74, 6) is 0.